The first kappa shape index (κ1) is 14.6. The van der Waals surface area contributed by atoms with Crippen molar-refractivity contribution >= 4 is 17.7 Å². The summed E-state index contributed by atoms with van der Waals surface area (Å²) in [5.74, 6) is 0.229. The van der Waals surface area contributed by atoms with Crippen molar-refractivity contribution in [2.24, 2.45) is 0 Å². The van der Waals surface area contributed by atoms with E-state index in [4.69, 9.17) is 0 Å². The van der Waals surface area contributed by atoms with Gasteiger partial charge in [-0.05, 0) is 17.7 Å². The van der Waals surface area contributed by atoms with Crippen molar-refractivity contribution in [3.8, 4) is 0 Å². The Balaban J connectivity index is 1.73. The molecule has 1 aromatic heterocycles. The van der Waals surface area contributed by atoms with Crippen molar-refractivity contribution in [1.29, 1.82) is 0 Å². The Morgan fingerprint density at radius 2 is 1.90 bits per heavy atom. The molecule has 2 N–H and O–H groups in total. The van der Waals surface area contributed by atoms with Crippen LogP contribution in [0.1, 0.15) is 11.7 Å². The van der Waals surface area contributed by atoms with E-state index in [1.54, 1.807) is 12.4 Å². The van der Waals surface area contributed by atoms with Crippen LogP contribution in [0, 0.1) is 0 Å². The zero-order valence-corrected chi connectivity index (χ0v) is 11.7. The number of amides is 1. The summed E-state index contributed by atoms with van der Waals surface area (Å²) >= 11 is 1.44. The number of aromatic nitrogens is 1. The van der Waals surface area contributed by atoms with Crippen LogP contribution >= 0.6 is 11.8 Å². The molecule has 0 aliphatic heterocycles. The fourth-order valence-electron chi connectivity index (χ4n) is 1.64. The molecule has 0 bridgehead atoms. The largest absolute Gasteiger partial charge is 0.387 e. The Morgan fingerprint density at radius 3 is 2.60 bits per heavy atom. The van der Waals surface area contributed by atoms with Crippen LogP contribution in [0.15, 0.2) is 59.8 Å². The molecule has 4 nitrogen and oxygen atoms in total. The van der Waals surface area contributed by atoms with Gasteiger partial charge in [0.05, 0.1) is 11.9 Å². The molecular formula is C15H16N2O2S. The smallest absolute Gasteiger partial charge is 0.230 e. The number of carbonyl (C=O) groups excluding carboxylic acids is 1. The van der Waals surface area contributed by atoms with Gasteiger partial charge >= 0.3 is 0 Å². The molecule has 1 amide bonds. The van der Waals surface area contributed by atoms with E-state index >= 15 is 0 Å². The molecule has 2 rings (SSSR count). The van der Waals surface area contributed by atoms with Gasteiger partial charge in [-0.3, -0.25) is 9.78 Å². The molecule has 2 aromatic rings. The van der Waals surface area contributed by atoms with Crippen LogP contribution in [-0.2, 0) is 4.79 Å². The lowest BCUT2D eigenvalue weighted by Gasteiger charge is -2.12. The quantitative estimate of drug-likeness (QED) is 0.798. The Bertz CT molecular complexity index is 534. The SMILES string of the molecule is O=C(CSc1ccncc1)NCC(O)c1ccccc1. The maximum atomic E-state index is 11.7. The molecule has 20 heavy (non-hydrogen) atoms. The highest BCUT2D eigenvalue weighted by Gasteiger charge is 2.09. The lowest BCUT2D eigenvalue weighted by Crippen LogP contribution is -2.29. The summed E-state index contributed by atoms with van der Waals surface area (Å²) in [6.45, 7) is 0.222. The summed E-state index contributed by atoms with van der Waals surface area (Å²) in [4.78, 5) is 16.6. The van der Waals surface area contributed by atoms with Crippen LogP contribution < -0.4 is 5.32 Å². The van der Waals surface area contributed by atoms with Crippen LogP contribution in [0.3, 0.4) is 0 Å². The number of nitrogens with one attached hydrogen (secondary N) is 1. The number of hydrogen-bond donors (Lipinski definition) is 2. The van der Waals surface area contributed by atoms with Crippen molar-refractivity contribution in [3.63, 3.8) is 0 Å². The van der Waals surface area contributed by atoms with Crippen molar-refractivity contribution in [2.45, 2.75) is 11.0 Å². The minimum absolute atomic E-state index is 0.0956. The number of hydrogen-bond acceptors (Lipinski definition) is 4. The van der Waals surface area contributed by atoms with Crippen LogP contribution in [0.2, 0.25) is 0 Å². The Kier molecular flexibility index (Phi) is 5.58. The summed E-state index contributed by atoms with van der Waals surface area (Å²) in [5.41, 5.74) is 0.801. The molecule has 0 saturated carbocycles. The number of rotatable bonds is 6. The average molecular weight is 288 g/mol. The zero-order chi connectivity index (χ0) is 14.2. The second kappa shape index (κ2) is 7.67. The zero-order valence-electron chi connectivity index (χ0n) is 10.9. The molecule has 1 unspecified atom stereocenters. The standard InChI is InChI=1S/C15H16N2O2S/c18-14(12-4-2-1-3-5-12)10-17-15(19)11-20-13-6-8-16-9-7-13/h1-9,14,18H,10-11H2,(H,17,19). The van der Waals surface area contributed by atoms with Gasteiger partial charge < -0.3 is 10.4 Å². The summed E-state index contributed by atoms with van der Waals surface area (Å²) in [7, 11) is 0. The highest BCUT2D eigenvalue weighted by Crippen LogP contribution is 2.15. The molecule has 0 fully saturated rings. The first-order chi connectivity index (χ1) is 9.75. The third-order valence-electron chi connectivity index (χ3n) is 2.70. The van der Waals surface area contributed by atoms with E-state index in [9.17, 15) is 9.90 Å². The van der Waals surface area contributed by atoms with Gasteiger partial charge in [0.15, 0.2) is 0 Å². The molecule has 0 saturated heterocycles. The highest BCUT2D eigenvalue weighted by atomic mass is 32.2. The number of thioether (sulfide) groups is 1. The van der Waals surface area contributed by atoms with Crippen molar-refractivity contribution in [1.82, 2.24) is 10.3 Å². The van der Waals surface area contributed by atoms with Crippen molar-refractivity contribution < 1.29 is 9.90 Å². The van der Waals surface area contributed by atoms with Gasteiger partial charge in [0.1, 0.15) is 0 Å². The van der Waals surface area contributed by atoms with E-state index in [1.165, 1.54) is 11.8 Å². The fraction of sp³-hybridized carbons (Fsp3) is 0.200. The van der Waals surface area contributed by atoms with Crippen LogP contribution in [0.5, 0.6) is 0 Å². The highest BCUT2D eigenvalue weighted by molar-refractivity contribution is 8.00. The third kappa shape index (κ3) is 4.68. The number of nitrogens with zero attached hydrogens (tertiary/aromatic N) is 1. The molecule has 1 heterocycles. The molecule has 104 valence electrons. The number of aliphatic hydroxyl groups is 1. The predicted molar refractivity (Wildman–Crippen MR) is 79.4 cm³/mol. The van der Waals surface area contributed by atoms with Crippen molar-refractivity contribution in [2.75, 3.05) is 12.3 Å². The first-order valence-corrected chi connectivity index (χ1v) is 7.27. The Morgan fingerprint density at radius 1 is 1.20 bits per heavy atom. The summed E-state index contributed by atoms with van der Waals surface area (Å²) in [5, 5.41) is 12.7. The average Bonchev–Trinajstić information content (AvgIpc) is 2.52. The lowest BCUT2D eigenvalue weighted by molar-refractivity contribution is -0.119. The second-order valence-corrected chi connectivity index (χ2v) is 5.25. The van der Waals surface area contributed by atoms with E-state index in [0.29, 0.717) is 5.75 Å². The van der Waals surface area contributed by atoms with Crippen molar-refractivity contribution in [3.05, 3.63) is 60.4 Å². The van der Waals surface area contributed by atoms with Gasteiger partial charge in [0, 0.05) is 23.8 Å². The van der Waals surface area contributed by atoms with Gasteiger partial charge in [-0.1, -0.05) is 30.3 Å². The topological polar surface area (TPSA) is 62.2 Å². The summed E-state index contributed by atoms with van der Waals surface area (Å²) < 4.78 is 0. The normalized spacial score (nSPS) is 11.8. The van der Waals surface area contributed by atoms with E-state index in [2.05, 4.69) is 10.3 Å². The van der Waals surface area contributed by atoms with Crippen LogP contribution in [0.25, 0.3) is 0 Å². The van der Waals surface area contributed by atoms with Gasteiger partial charge in [-0.25, -0.2) is 0 Å². The molecular weight excluding hydrogens is 272 g/mol. The van der Waals surface area contributed by atoms with Gasteiger partial charge in [0.2, 0.25) is 5.91 Å². The molecule has 0 aliphatic carbocycles. The lowest BCUT2D eigenvalue weighted by atomic mass is 10.1. The summed E-state index contributed by atoms with van der Waals surface area (Å²) in [6.07, 6.45) is 2.71. The molecule has 0 radical (unpaired) electrons. The maximum absolute atomic E-state index is 11.7. The van der Waals surface area contributed by atoms with Crippen LogP contribution in [0.4, 0.5) is 0 Å². The molecule has 1 atom stereocenters. The van der Waals surface area contributed by atoms with E-state index in [1.807, 2.05) is 42.5 Å². The second-order valence-electron chi connectivity index (χ2n) is 4.20. The predicted octanol–water partition coefficient (Wildman–Crippen LogP) is 2.02. The fourth-order valence-corrected chi connectivity index (χ4v) is 2.35. The third-order valence-corrected chi connectivity index (χ3v) is 3.71. The van der Waals surface area contributed by atoms with Crippen LogP contribution in [-0.4, -0.2) is 28.3 Å². The van der Waals surface area contributed by atoms with Gasteiger partial charge in [0.25, 0.3) is 0 Å². The van der Waals surface area contributed by atoms with Gasteiger partial charge in [-0.15, -0.1) is 11.8 Å². The van der Waals surface area contributed by atoms with E-state index in [0.717, 1.165) is 10.5 Å². The number of aliphatic hydroxyl groups excluding tert-OH is 1. The van der Waals surface area contributed by atoms with E-state index < -0.39 is 6.10 Å². The molecule has 5 heteroatoms. The summed E-state index contributed by atoms with van der Waals surface area (Å²) in [6, 6.07) is 13.0. The molecule has 0 spiro atoms. The Labute approximate surface area is 122 Å². The first-order valence-electron chi connectivity index (χ1n) is 6.28. The molecule has 0 aliphatic rings. The monoisotopic (exact) mass is 288 g/mol. The number of pyridine rings is 1. The number of carbonyl (C=O) groups is 1. The maximum Gasteiger partial charge on any atom is 0.230 e. The minimum Gasteiger partial charge on any atom is -0.387 e. The van der Waals surface area contributed by atoms with E-state index in [-0.39, 0.29) is 12.5 Å². The number of benzene rings is 1. The minimum atomic E-state index is -0.675. The molecule has 1 aromatic carbocycles. The van der Waals surface area contributed by atoms with Gasteiger partial charge in [-0.2, -0.15) is 0 Å². The Hall–Kier alpha value is -1.85.